The maximum Gasteiger partial charge on any atom is 0.162 e. The van der Waals surface area contributed by atoms with Gasteiger partial charge in [-0.3, -0.25) is 0 Å². The molecule has 0 aromatic heterocycles. The summed E-state index contributed by atoms with van der Waals surface area (Å²) in [7, 11) is 0.259. The Bertz CT molecular complexity index is 542. The van der Waals surface area contributed by atoms with Gasteiger partial charge in [0.05, 0.1) is 25.7 Å². The SMILES string of the molecule is COc1ccc(NC2CCCS(=O)(=O)C2)cc1OC. The Labute approximate surface area is 113 Å². The predicted octanol–water partition coefficient (Wildman–Crippen LogP) is 1.69. The summed E-state index contributed by atoms with van der Waals surface area (Å²) < 4.78 is 33.6. The van der Waals surface area contributed by atoms with Crippen LogP contribution in [0.4, 0.5) is 5.69 Å². The third-order valence-corrected chi connectivity index (χ3v) is 5.04. The molecule has 1 aliphatic heterocycles. The fraction of sp³-hybridized carbons (Fsp3) is 0.538. The standard InChI is InChI=1S/C13H19NO4S/c1-17-12-6-5-10(8-13(12)18-2)14-11-4-3-7-19(15,16)9-11/h5-6,8,11,14H,3-4,7,9H2,1-2H3. The number of anilines is 1. The van der Waals surface area contributed by atoms with Gasteiger partial charge in [0.1, 0.15) is 0 Å². The van der Waals surface area contributed by atoms with Crippen LogP contribution in [0.3, 0.4) is 0 Å². The van der Waals surface area contributed by atoms with Crippen LogP contribution in [0.1, 0.15) is 12.8 Å². The first-order chi connectivity index (χ1) is 9.04. The second-order valence-electron chi connectivity index (χ2n) is 4.67. The van der Waals surface area contributed by atoms with Crippen molar-refractivity contribution in [3.05, 3.63) is 18.2 Å². The van der Waals surface area contributed by atoms with Gasteiger partial charge in [0.15, 0.2) is 21.3 Å². The number of sulfone groups is 1. The first-order valence-electron chi connectivity index (χ1n) is 6.23. The topological polar surface area (TPSA) is 64.6 Å². The van der Waals surface area contributed by atoms with E-state index in [4.69, 9.17) is 9.47 Å². The van der Waals surface area contributed by atoms with Gasteiger partial charge in [0.2, 0.25) is 0 Å². The van der Waals surface area contributed by atoms with Crippen molar-refractivity contribution in [1.82, 2.24) is 0 Å². The van der Waals surface area contributed by atoms with E-state index in [0.29, 0.717) is 23.7 Å². The van der Waals surface area contributed by atoms with Gasteiger partial charge in [-0.1, -0.05) is 0 Å². The molecule has 0 aliphatic carbocycles. The minimum atomic E-state index is -2.90. The van der Waals surface area contributed by atoms with Crippen LogP contribution in [-0.2, 0) is 9.84 Å². The molecular formula is C13H19NO4S. The van der Waals surface area contributed by atoms with Crippen LogP contribution in [0.25, 0.3) is 0 Å². The van der Waals surface area contributed by atoms with E-state index in [1.54, 1.807) is 20.3 Å². The molecule has 1 aromatic rings. The van der Waals surface area contributed by atoms with Gasteiger partial charge < -0.3 is 14.8 Å². The average molecular weight is 285 g/mol. The summed E-state index contributed by atoms with van der Waals surface area (Å²) in [5, 5.41) is 3.25. The molecule has 1 atom stereocenters. The molecule has 106 valence electrons. The summed E-state index contributed by atoms with van der Waals surface area (Å²) >= 11 is 0. The van der Waals surface area contributed by atoms with Gasteiger partial charge in [0.25, 0.3) is 0 Å². The largest absolute Gasteiger partial charge is 0.493 e. The van der Waals surface area contributed by atoms with Crippen LogP contribution in [0.5, 0.6) is 11.5 Å². The number of methoxy groups -OCH3 is 2. The lowest BCUT2D eigenvalue weighted by molar-refractivity contribution is 0.355. The first-order valence-corrected chi connectivity index (χ1v) is 8.05. The van der Waals surface area contributed by atoms with Gasteiger partial charge in [-0.2, -0.15) is 0 Å². The highest BCUT2D eigenvalue weighted by Gasteiger charge is 2.24. The molecule has 1 fully saturated rings. The number of ether oxygens (including phenoxy) is 2. The van der Waals surface area contributed by atoms with Crippen molar-refractivity contribution in [2.24, 2.45) is 0 Å². The molecule has 6 heteroatoms. The second kappa shape index (κ2) is 5.69. The summed E-state index contributed by atoms with van der Waals surface area (Å²) in [5.41, 5.74) is 0.847. The van der Waals surface area contributed by atoms with Crippen molar-refractivity contribution >= 4 is 15.5 Å². The minimum Gasteiger partial charge on any atom is -0.493 e. The van der Waals surface area contributed by atoms with Crippen LogP contribution in [0.15, 0.2) is 18.2 Å². The maximum atomic E-state index is 11.6. The summed E-state index contributed by atoms with van der Waals surface area (Å²) in [6.07, 6.45) is 1.58. The minimum absolute atomic E-state index is 0.0307. The fourth-order valence-electron chi connectivity index (χ4n) is 2.30. The predicted molar refractivity (Wildman–Crippen MR) is 74.8 cm³/mol. The van der Waals surface area contributed by atoms with Crippen LogP contribution in [0, 0.1) is 0 Å². The van der Waals surface area contributed by atoms with E-state index in [1.807, 2.05) is 12.1 Å². The lowest BCUT2D eigenvalue weighted by Gasteiger charge is -2.24. The molecule has 1 aliphatic rings. The zero-order valence-electron chi connectivity index (χ0n) is 11.2. The van der Waals surface area contributed by atoms with Crippen molar-refractivity contribution in [3.8, 4) is 11.5 Å². The van der Waals surface area contributed by atoms with Crippen LogP contribution in [0.2, 0.25) is 0 Å². The van der Waals surface area contributed by atoms with Crippen molar-refractivity contribution in [2.45, 2.75) is 18.9 Å². The third-order valence-electron chi connectivity index (χ3n) is 3.22. The Kier molecular flexibility index (Phi) is 4.19. The molecule has 0 amide bonds. The number of benzene rings is 1. The highest BCUT2D eigenvalue weighted by molar-refractivity contribution is 7.91. The quantitative estimate of drug-likeness (QED) is 0.912. The van der Waals surface area contributed by atoms with Crippen molar-refractivity contribution in [3.63, 3.8) is 0 Å². The molecule has 19 heavy (non-hydrogen) atoms. The van der Waals surface area contributed by atoms with E-state index in [0.717, 1.165) is 12.1 Å². The zero-order valence-corrected chi connectivity index (χ0v) is 12.0. The average Bonchev–Trinajstić information content (AvgIpc) is 2.37. The van der Waals surface area contributed by atoms with E-state index < -0.39 is 9.84 Å². The van der Waals surface area contributed by atoms with Crippen molar-refractivity contribution in [1.29, 1.82) is 0 Å². The molecular weight excluding hydrogens is 266 g/mol. The fourth-order valence-corrected chi connectivity index (χ4v) is 3.93. The maximum absolute atomic E-state index is 11.6. The normalized spacial score (nSPS) is 21.7. The van der Waals surface area contributed by atoms with E-state index in [2.05, 4.69) is 5.32 Å². The molecule has 0 radical (unpaired) electrons. The highest BCUT2D eigenvalue weighted by Crippen LogP contribution is 2.30. The van der Waals surface area contributed by atoms with Gasteiger partial charge >= 0.3 is 0 Å². The van der Waals surface area contributed by atoms with Crippen LogP contribution >= 0.6 is 0 Å². The zero-order chi connectivity index (χ0) is 13.9. The lowest BCUT2D eigenvalue weighted by Crippen LogP contribution is -2.34. The molecule has 2 rings (SSSR count). The number of hydrogen-bond acceptors (Lipinski definition) is 5. The van der Waals surface area contributed by atoms with E-state index >= 15 is 0 Å². The first kappa shape index (κ1) is 14.0. The molecule has 1 aromatic carbocycles. The summed E-state index contributed by atoms with van der Waals surface area (Å²) in [6, 6.07) is 5.46. The monoisotopic (exact) mass is 285 g/mol. The Hall–Kier alpha value is -1.43. The van der Waals surface area contributed by atoms with E-state index in [1.165, 1.54) is 0 Å². The van der Waals surface area contributed by atoms with E-state index in [9.17, 15) is 8.42 Å². The Morgan fingerprint density at radius 1 is 1.21 bits per heavy atom. The summed E-state index contributed by atoms with van der Waals surface area (Å²) in [6.45, 7) is 0. The van der Waals surface area contributed by atoms with Gasteiger partial charge in [0, 0.05) is 17.8 Å². The van der Waals surface area contributed by atoms with Crippen molar-refractivity contribution < 1.29 is 17.9 Å². The molecule has 0 spiro atoms. The van der Waals surface area contributed by atoms with Crippen molar-refractivity contribution in [2.75, 3.05) is 31.0 Å². The lowest BCUT2D eigenvalue weighted by atomic mass is 10.1. The summed E-state index contributed by atoms with van der Waals surface area (Å²) in [5.74, 6) is 1.79. The summed E-state index contributed by atoms with van der Waals surface area (Å²) in [4.78, 5) is 0. The van der Waals surface area contributed by atoms with E-state index in [-0.39, 0.29) is 11.8 Å². The Morgan fingerprint density at radius 2 is 1.95 bits per heavy atom. The van der Waals surface area contributed by atoms with Crippen LogP contribution in [-0.4, -0.2) is 40.2 Å². The van der Waals surface area contributed by atoms with Gasteiger partial charge in [-0.05, 0) is 25.0 Å². The van der Waals surface area contributed by atoms with Crippen LogP contribution < -0.4 is 14.8 Å². The molecule has 0 bridgehead atoms. The van der Waals surface area contributed by atoms with Gasteiger partial charge in [-0.15, -0.1) is 0 Å². The molecule has 1 unspecified atom stereocenters. The number of nitrogens with one attached hydrogen (secondary N) is 1. The van der Waals surface area contributed by atoms with Gasteiger partial charge in [-0.25, -0.2) is 8.42 Å². The molecule has 1 saturated heterocycles. The molecule has 1 heterocycles. The number of rotatable bonds is 4. The second-order valence-corrected chi connectivity index (χ2v) is 6.90. The molecule has 0 saturated carbocycles. The smallest absolute Gasteiger partial charge is 0.162 e. The third kappa shape index (κ3) is 3.53. The highest BCUT2D eigenvalue weighted by atomic mass is 32.2. The molecule has 1 N–H and O–H groups in total. The Balaban J connectivity index is 2.11. The molecule has 5 nitrogen and oxygen atoms in total. The number of hydrogen-bond donors (Lipinski definition) is 1. The Morgan fingerprint density at radius 3 is 2.58 bits per heavy atom.